The van der Waals surface area contributed by atoms with Crippen molar-refractivity contribution in [1.29, 1.82) is 0 Å². The van der Waals surface area contributed by atoms with Gasteiger partial charge >= 0.3 is 0 Å². The van der Waals surface area contributed by atoms with Crippen LogP contribution in [0, 0.1) is 5.92 Å². The van der Waals surface area contributed by atoms with Crippen molar-refractivity contribution in [3.05, 3.63) is 0 Å². The van der Waals surface area contributed by atoms with Crippen LogP contribution in [-0.4, -0.2) is 41.4 Å². The highest BCUT2D eigenvalue weighted by Gasteiger charge is 2.43. The van der Waals surface area contributed by atoms with Crippen LogP contribution in [0.15, 0.2) is 0 Å². The van der Waals surface area contributed by atoms with Gasteiger partial charge in [-0.3, -0.25) is 0 Å². The van der Waals surface area contributed by atoms with Gasteiger partial charge in [0.05, 0.1) is 25.4 Å². The summed E-state index contributed by atoms with van der Waals surface area (Å²) in [5.74, 6) is -1.67. The molecule has 0 aromatic heterocycles. The third kappa shape index (κ3) is 7.40. The number of hydrogen-bond donors (Lipinski definition) is 2. The van der Waals surface area contributed by atoms with Crippen LogP contribution in [0.1, 0.15) is 77.6 Å². The first-order valence-electron chi connectivity index (χ1n) is 9.29. The highest BCUT2D eigenvalue weighted by molar-refractivity contribution is 4.87. The van der Waals surface area contributed by atoms with Crippen LogP contribution in [0.5, 0.6) is 0 Å². The number of rotatable bonds is 14. The zero-order chi connectivity index (χ0) is 15.8. The summed E-state index contributed by atoms with van der Waals surface area (Å²) in [5.41, 5.74) is 0. The Hall–Kier alpha value is -0.160. The van der Waals surface area contributed by atoms with E-state index >= 15 is 0 Å². The van der Waals surface area contributed by atoms with Gasteiger partial charge in [-0.1, -0.05) is 58.3 Å². The van der Waals surface area contributed by atoms with Gasteiger partial charge in [0.1, 0.15) is 0 Å². The van der Waals surface area contributed by atoms with E-state index in [9.17, 15) is 10.2 Å². The third-order valence-electron chi connectivity index (χ3n) is 4.94. The summed E-state index contributed by atoms with van der Waals surface area (Å²) < 4.78 is 10.4. The minimum Gasteiger partial charge on any atom is -0.373 e. The molecule has 0 radical (unpaired) electrons. The minimum atomic E-state index is -1.59. The molecular formula is C18H34O4. The van der Waals surface area contributed by atoms with Crippen LogP contribution in [0.25, 0.3) is 0 Å². The second kappa shape index (κ2) is 9.21. The van der Waals surface area contributed by atoms with E-state index in [0.717, 1.165) is 25.9 Å². The zero-order valence-corrected chi connectivity index (χ0v) is 14.1. The molecule has 0 aromatic carbocycles. The number of hydrogen-bond acceptors (Lipinski definition) is 4. The standard InChI is InChI=1S/C18H34O4/c1-2-3-4-5-6-7-8-9-10-15(11-16-13-21-16)18(19,20)12-17-14-22-17/h15-17,19-20H,2-14H2,1H3. The van der Waals surface area contributed by atoms with Crippen molar-refractivity contribution in [2.75, 3.05) is 13.2 Å². The molecule has 3 unspecified atom stereocenters. The van der Waals surface area contributed by atoms with E-state index in [4.69, 9.17) is 9.47 Å². The number of unbranched alkanes of at least 4 members (excludes halogenated alkanes) is 7. The van der Waals surface area contributed by atoms with Crippen LogP contribution in [0.2, 0.25) is 0 Å². The molecule has 2 saturated heterocycles. The van der Waals surface area contributed by atoms with Crippen LogP contribution < -0.4 is 0 Å². The molecule has 4 nitrogen and oxygen atoms in total. The number of aliphatic hydroxyl groups is 2. The van der Waals surface area contributed by atoms with Gasteiger partial charge in [-0.2, -0.15) is 0 Å². The molecule has 2 heterocycles. The first-order chi connectivity index (χ1) is 10.6. The average Bonchev–Trinajstić information content (AvgIpc) is 3.36. The van der Waals surface area contributed by atoms with Gasteiger partial charge in [0.25, 0.3) is 0 Å². The van der Waals surface area contributed by atoms with Gasteiger partial charge < -0.3 is 19.7 Å². The molecule has 0 aromatic rings. The maximum absolute atomic E-state index is 10.4. The maximum atomic E-state index is 10.4. The summed E-state index contributed by atoms with van der Waals surface area (Å²) in [6.45, 7) is 3.70. The van der Waals surface area contributed by atoms with Gasteiger partial charge in [0.15, 0.2) is 5.79 Å². The molecule has 0 bridgehead atoms. The highest BCUT2D eigenvalue weighted by atomic mass is 16.6. The molecule has 2 aliphatic heterocycles. The molecule has 4 heteroatoms. The topological polar surface area (TPSA) is 65.5 Å². The SMILES string of the molecule is CCCCCCCCCCC(CC1CO1)C(O)(O)CC1CO1. The quantitative estimate of drug-likeness (QED) is 0.293. The molecule has 0 saturated carbocycles. The summed E-state index contributed by atoms with van der Waals surface area (Å²) in [6, 6.07) is 0. The van der Waals surface area contributed by atoms with E-state index in [0.29, 0.717) is 13.0 Å². The number of ether oxygens (including phenoxy) is 2. The molecule has 2 aliphatic rings. The fraction of sp³-hybridized carbons (Fsp3) is 1.00. The van der Waals surface area contributed by atoms with E-state index in [1.807, 2.05) is 0 Å². The smallest absolute Gasteiger partial charge is 0.168 e. The van der Waals surface area contributed by atoms with Crippen molar-refractivity contribution in [1.82, 2.24) is 0 Å². The summed E-state index contributed by atoms with van der Waals surface area (Å²) in [4.78, 5) is 0. The summed E-state index contributed by atoms with van der Waals surface area (Å²) in [7, 11) is 0. The Morgan fingerprint density at radius 3 is 2.00 bits per heavy atom. The predicted octanol–water partition coefficient (Wildman–Crippen LogP) is 3.39. The third-order valence-corrected chi connectivity index (χ3v) is 4.94. The van der Waals surface area contributed by atoms with Crippen LogP contribution in [-0.2, 0) is 9.47 Å². The van der Waals surface area contributed by atoms with Crippen LogP contribution in [0.4, 0.5) is 0 Å². The minimum absolute atomic E-state index is 0.0520. The van der Waals surface area contributed by atoms with Crippen molar-refractivity contribution in [3.8, 4) is 0 Å². The van der Waals surface area contributed by atoms with Gasteiger partial charge in [-0.15, -0.1) is 0 Å². The lowest BCUT2D eigenvalue weighted by atomic mass is 9.85. The molecule has 2 N–H and O–H groups in total. The molecule has 3 atom stereocenters. The lowest BCUT2D eigenvalue weighted by molar-refractivity contribution is -0.211. The zero-order valence-electron chi connectivity index (χ0n) is 14.1. The van der Waals surface area contributed by atoms with E-state index in [2.05, 4.69) is 6.92 Å². The largest absolute Gasteiger partial charge is 0.373 e. The molecule has 2 fully saturated rings. The van der Waals surface area contributed by atoms with Crippen molar-refractivity contribution >= 4 is 0 Å². The molecule has 0 aliphatic carbocycles. The second-order valence-corrected chi connectivity index (χ2v) is 7.19. The van der Waals surface area contributed by atoms with Crippen molar-refractivity contribution in [3.63, 3.8) is 0 Å². The Labute approximate surface area is 135 Å². The molecule has 22 heavy (non-hydrogen) atoms. The van der Waals surface area contributed by atoms with E-state index in [-0.39, 0.29) is 18.1 Å². The van der Waals surface area contributed by atoms with Crippen LogP contribution in [0.3, 0.4) is 0 Å². The van der Waals surface area contributed by atoms with Gasteiger partial charge in [-0.25, -0.2) is 0 Å². The second-order valence-electron chi connectivity index (χ2n) is 7.19. The van der Waals surface area contributed by atoms with E-state index in [1.54, 1.807) is 0 Å². The fourth-order valence-corrected chi connectivity index (χ4v) is 3.27. The number of epoxide rings is 2. The van der Waals surface area contributed by atoms with Crippen molar-refractivity contribution in [2.45, 2.75) is 95.5 Å². The highest BCUT2D eigenvalue weighted by Crippen LogP contribution is 2.35. The van der Waals surface area contributed by atoms with Gasteiger partial charge in [0.2, 0.25) is 0 Å². The van der Waals surface area contributed by atoms with Gasteiger partial charge in [-0.05, 0) is 12.8 Å². The molecule has 130 valence electrons. The summed E-state index contributed by atoms with van der Waals surface area (Å²) in [6.07, 6.45) is 12.5. The van der Waals surface area contributed by atoms with E-state index < -0.39 is 5.79 Å². The first-order valence-corrected chi connectivity index (χ1v) is 9.29. The van der Waals surface area contributed by atoms with Crippen molar-refractivity contribution < 1.29 is 19.7 Å². The van der Waals surface area contributed by atoms with Crippen molar-refractivity contribution in [2.24, 2.45) is 5.92 Å². The predicted molar refractivity (Wildman–Crippen MR) is 86.6 cm³/mol. The Morgan fingerprint density at radius 1 is 0.909 bits per heavy atom. The summed E-state index contributed by atoms with van der Waals surface area (Å²) >= 11 is 0. The Kier molecular flexibility index (Phi) is 7.61. The Bertz CT molecular complexity index is 297. The fourth-order valence-electron chi connectivity index (χ4n) is 3.27. The first kappa shape index (κ1) is 18.2. The lowest BCUT2D eigenvalue weighted by Gasteiger charge is -2.31. The monoisotopic (exact) mass is 314 g/mol. The maximum Gasteiger partial charge on any atom is 0.168 e. The average molecular weight is 314 g/mol. The Morgan fingerprint density at radius 2 is 1.45 bits per heavy atom. The molecule has 2 rings (SSSR count). The lowest BCUT2D eigenvalue weighted by Crippen LogP contribution is -2.40. The van der Waals surface area contributed by atoms with Crippen LogP contribution >= 0.6 is 0 Å². The molecule has 0 spiro atoms. The van der Waals surface area contributed by atoms with Gasteiger partial charge in [0, 0.05) is 12.3 Å². The van der Waals surface area contributed by atoms with E-state index in [1.165, 1.54) is 44.9 Å². The normalized spacial score (nSPS) is 25.2. The summed E-state index contributed by atoms with van der Waals surface area (Å²) in [5, 5.41) is 20.8. The Balaban J connectivity index is 1.59. The molecule has 0 amide bonds. The molecular weight excluding hydrogens is 280 g/mol.